The Morgan fingerprint density at radius 2 is 1.68 bits per heavy atom. The van der Waals surface area contributed by atoms with Crippen molar-refractivity contribution in [3.05, 3.63) is 0 Å². The number of hydrogen-bond donors (Lipinski definition) is 3. The number of carbonyl (C=O) groups excluding carboxylic acids is 5. The molecule has 1 saturated heterocycles. The summed E-state index contributed by atoms with van der Waals surface area (Å²) in [5.41, 5.74) is 0. The van der Waals surface area contributed by atoms with Gasteiger partial charge in [0.25, 0.3) is 0 Å². The highest BCUT2D eigenvalue weighted by atomic mass is 16.2. The van der Waals surface area contributed by atoms with Crippen molar-refractivity contribution in [2.24, 2.45) is 0 Å². The second kappa shape index (κ2) is 10.5. The largest absolute Gasteiger partial charge is 0.346 e. The Hall–Kier alpha value is -2.29. The van der Waals surface area contributed by atoms with Gasteiger partial charge in [-0.3, -0.25) is 28.9 Å². The van der Waals surface area contributed by atoms with Gasteiger partial charge in [-0.05, 0) is 33.2 Å². The first-order valence-corrected chi connectivity index (χ1v) is 8.39. The number of unbranched alkanes of at least 4 members (excludes halogenated alkanes) is 1. The van der Waals surface area contributed by atoms with Crippen molar-refractivity contribution >= 4 is 29.4 Å². The van der Waals surface area contributed by atoms with Crippen LogP contribution in [0.1, 0.15) is 39.0 Å². The number of likely N-dealkylation sites (N-methyl/N-ethyl adjacent to an activating group) is 1. The topological polar surface area (TPSA) is 125 Å². The first-order chi connectivity index (χ1) is 11.8. The number of hydrogen-bond acceptors (Lipinski definition) is 6. The summed E-state index contributed by atoms with van der Waals surface area (Å²) in [5.74, 6) is -1.23. The summed E-state index contributed by atoms with van der Waals surface area (Å²) in [6.07, 6.45) is 2.12. The maximum Gasteiger partial charge on any atom is 0.239 e. The molecule has 0 aromatic heterocycles. The van der Waals surface area contributed by atoms with Crippen LogP contribution < -0.4 is 16.0 Å². The van der Waals surface area contributed by atoms with E-state index in [-0.39, 0.29) is 49.4 Å². The van der Waals surface area contributed by atoms with Gasteiger partial charge in [0.1, 0.15) is 0 Å². The van der Waals surface area contributed by atoms with Crippen LogP contribution in [0.3, 0.4) is 0 Å². The molecule has 0 bridgehead atoms. The fourth-order valence-corrected chi connectivity index (χ4v) is 2.51. The van der Waals surface area contributed by atoms with Gasteiger partial charge in [-0.15, -0.1) is 0 Å². The van der Waals surface area contributed by atoms with Crippen LogP contribution >= 0.6 is 0 Å². The molecule has 0 aromatic carbocycles. The van der Waals surface area contributed by atoms with Gasteiger partial charge in [0, 0.05) is 19.4 Å². The summed E-state index contributed by atoms with van der Waals surface area (Å²) in [4.78, 5) is 59.0. The quantitative estimate of drug-likeness (QED) is 0.313. The highest BCUT2D eigenvalue weighted by Crippen LogP contribution is 2.13. The summed E-state index contributed by atoms with van der Waals surface area (Å²) in [5, 5.41) is 7.69. The monoisotopic (exact) mass is 354 g/mol. The zero-order chi connectivity index (χ0) is 18.8. The molecular weight excluding hydrogens is 328 g/mol. The van der Waals surface area contributed by atoms with Crippen LogP contribution in [0, 0.1) is 0 Å². The molecule has 4 amide bonds. The SMILES string of the molecule is CNCC(=O)NCC(=O)N[C@@H](CCCCN1C(=O)CCC1=O)C(C)=O. The Morgan fingerprint density at radius 1 is 1.04 bits per heavy atom. The fourth-order valence-electron chi connectivity index (χ4n) is 2.51. The molecular formula is C16H26N4O5. The van der Waals surface area contributed by atoms with Crippen LogP contribution in [0.15, 0.2) is 0 Å². The van der Waals surface area contributed by atoms with Crippen molar-refractivity contribution < 1.29 is 24.0 Å². The molecule has 0 radical (unpaired) electrons. The molecule has 1 aliphatic heterocycles. The standard InChI is InChI=1S/C16H26N4O5/c1-11(21)12(19-14(23)10-18-13(22)9-17-2)5-3-4-8-20-15(24)6-7-16(20)25/h12,17H,3-10H2,1-2H3,(H,18,22)(H,19,23)/t12-/m0/s1. The van der Waals surface area contributed by atoms with E-state index in [4.69, 9.17) is 0 Å². The zero-order valence-corrected chi connectivity index (χ0v) is 14.7. The molecule has 1 atom stereocenters. The summed E-state index contributed by atoms with van der Waals surface area (Å²) in [6, 6.07) is -0.640. The van der Waals surface area contributed by atoms with Crippen molar-refractivity contribution in [3.63, 3.8) is 0 Å². The molecule has 9 heteroatoms. The van der Waals surface area contributed by atoms with E-state index in [1.165, 1.54) is 11.8 Å². The van der Waals surface area contributed by atoms with Gasteiger partial charge in [0.05, 0.1) is 19.1 Å². The molecule has 0 spiro atoms. The van der Waals surface area contributed by atoms with E-state index in [0.29, 0.717) is 25.8 Å². The smallest absolute Gasteiger partial charge is 0.239 e. The van der Waals surface area contributed by atoms with Crippen molar-refractivity contribution in [1.82, 2.24) is 20.9 Å². The van der Waals surface area contributed by atoms with E-state index < -0.39 is 11.9 Å². The molecule has 1 rings (SSSR count). The fraction of sp³-hybridized carbons (Fsp3) is 0.688. The Balaban J connectivity index is 2.30. The first kappa shape index (κ1) is 20.8. The van der Waals surface area contributed by atoms with Gasteiger partial charge in [-0.1, -0.05) is 0 Å². The van der Waals surface area contributed by atoms with Crippen LogP contribution in [0.2, 0.25) is 0 Å². The molecule has 0 unspecified atom stereocenters. The Labute approximate surface area is 146 Å². The van der Waals surface area contributed by atoms with E-state index >= 15 is 0 Å². The number of carbonyl (C=O) groups is 5. The van der Waals surface area contributed by atoms with Crippen LogP contribution in [0.25, 0.3) is 0 Å². The maximum absolute atomic E-state index is 11.8. The first-order valence-electron chi connectivity index (χ1n) is 8.39. The number of ketones is 1. The summed E-state index contributed by atoms with van der Waals surface area (Å²) < 4.78 is 0. The number of Topliss-reactive ketones (excluding diaryl/α,β-unsaturated/α-hetero) is 1. The lowest BCUT2D eigenvalue weighted by Gasteiger charge is -2.17. The second-order valence-corrected chi connectivity index (χ2v) is 5.97. The number of nitrogens with one attached hydrogen (secondary N) is 3. The normalized spacial score (nSPS) is 15.2. The van der Waals surface area contributed by atoms with E-state index in [1.54, 1.807) is 7.05 Å². The van der Waals surface area contributed by atoms with Gasteiger partial charge < -0.3 is 16.0 Å². The molecule has 1 heterocycles. The number of nitrogens with zero attached hydrogens (tertiary/aromatic N) is 1. The molecule has 1 fully saturated rings. The van der Waals surface area contributed by atoms with Crippen LogP contribution in [0.4, 0.5) is 0 Å². The van der Waals surface area contributed by atoms with Gasteiger partial charge >= 0.3 is 0 Å². The minimum absolute atomic E-state index is 0.108. The average Bonchev–Trinajstić information content (AvgIpc) is 2.87. The lowest BCUT2D eigenvalue weighted by Crippen LogP contribution is -2.46. The molecule has 1 aliphatic rings. The highest BCUT2D eigenvalue weighted by Gasteiger charge is 2.28. The minimum Gasteiger partial charge on any atom is -0.346 e. The number of amides is 4. The van der Waals surface area contributed by atoms with E-state index in [9.17, 15) is 24.0 Å². The van der Waals surface area contributed by atoms with Gasteiger partial charge in [0.2, 0.25) is 23.6 Å². The molecule has 0 aromatic rings. The third kappa shape index (κ3) is 7.42. The third-order valence-corrected chi connectivity index (χ3v) is 3.89. The predicted octanol–water partition coefficient (Wildman–Crippen LogP) is -1.28. The van der Waals surface area contributed by atoms with E-state index in [0.717, 1.165) is 0 Å². The van der Waals surface area contributed by atoms with Crippen LogP contribution in [-0.4, -0.2) is 67.0 Å². The van der Waals surface area contributed by atoms with Crippen molar-refractivity contribution in [3.8, 4) is 0 Å². The number of rotatable bonds is 11. The summed E-state index contributed by atoms with van der Waals surface area (Å²) >= 11 is 0. The zero-order valence-electron chi connectivity index (χ0n) is 14.7. The van der Waals surface area contributed by atoms with Crippen LogP contribution in [0.5, 0.6) is 0 Å². The summed E-state index contributed by atoms with van der Waals surface area (Å²) in [6.45, 7) is 1.65. The predicted molar refractivity (Wildman–Crippen MR) is 89.4 cm³/mol. The maximum atomic E-state index is 11.8. The van der Waals surface area contributed by atoms with E-state index in [2.05, 4.69) is 16.0 Å². The Bertz CT molecular complexity index is 519. The van der Waals surface area contributed by atoms with Crippen molar-refractivity contribution in [2.75, 3.05) is 26.7 Å². The molecule has 9 nitrogen and oxygen atoms in total. The highest BCUT2D eigenvalue weighted by molar-refractivity contribution is 6.01. The lowest BCUT2D eigenvalue weighted by atomic mass is 10.1. The van der Waals surface area contributed by atoms with Crippen LogP contribution in [-0.2, 0) is 24.0 Å². The Morgan fingerprint density at radius 3 is 2.24 bits per heavy atom. The Kier molecular flexibility index (Phi) is 8.76. The number of likely N-dealkylation sites (tertiary alicyclic amines) is 1. The molecule has 0 saturated carbocycles. The molecule has 3 N–H and O–H groups in total. The lowest BCUT2D eigenvalue weighted by molar-refractivity contribution is -0.138. The summed E-state index contributed by atoms with van der Waals surface area (Å²) in [7, 11) is 1.62. The minimum atomic E-state index is -0.640. The second-order valence-electron chi connectivity index (χ2n) is 5.97. The molecule has 0 aliphatic carbocycles. The molecule has 25 heavy (non-hydrogen) atoms. The average molecular weight is 354 g/mol. The van der Waals surface area contributed by atoms with Gasteiger partial charge in [0.15, 0.2) is 5.78 Å². The van der Waals surface area contributed by atoms with Gasteiger partial charge in [-0.2, -0.15) is 0 Å². The van der Waals surface area contributed by atoms with E-state index in [1.807, 2.05) is 0 Å². The van der Waals surface area contributed by atoms with Crippen molar-refractivity contribution in [2.45, 2.75) is 45.1 Å². The number of imide groups is 1. The van der Waals surface area contributed by atoms with Crippen molar-refractivity contribution in [1.29, 1.82) is 0 Å². The molecule has 140 valence electrons. The van der Waals surface area contributed by atoms with Gasteiger partial charge in [-0.25, -0.2) is 0 Å². The third-order valence-electron chi connectivity index (χ3n) is 3.89.